The van der Waals surface area contributed by atoms with Crippen LogP contribution >= 0.6 is 0 Å². The summed E-state index contributed by atoms with van der Waals surface area (Å²) in [6, 6.07) is 9.55. The summed E-state index contributed by atoms with van der Waals surface area (Å²) in [5.74, 6) is -0.324. The molecule has 1 heterocycles. The lowest BCUT2D eigenvalue weighted by Crippen LogP contribution is -2.36. The Balaban J connectivity index is 1.86. The van der Waals surface area contributed by atoms with Crippen molar-refractivity contribution < 1.29 is 9.18 Å². The zero-order valence-electron chi connectivity index (χ0n) is 11.1. The monoisotopic (exact) mass is 273 g/mol. The number of carbonyl (C=O) groups is 1. The summed E-state index contributed by atoms with van der Waals surface area (Å²) in [7, 11) is 0. The second-order valence-electron chi connectivity index (χ2n) is 4.42. The molecule has 0 aliphatic rings. The molecular formula is C15H16FN3O. The van der Waals surface area contributed by atoms with E-state index in [1.807, 2.05) is 19.1 Å². The molecule has 2 rings (SSSR count). The number of nitrogens with zero attached hydrogens (tertiary/aromatic N) is 1. The van der Waals surface area contributed by atoms with Gasteiger partial charge in [-0.2, -0.15) is 0 Å². The minimum Gasteiger partial charge on any atom is -0.334 e. The van der Waals surface area contributed by atoms with Crippen LogP contribution in [0.5, 0.6) is 0 Å². The number of hydrogen-bond donors (Lipinski definition) is 2. The second-order valence-corrected chi connectivity index (χ2v) is 4.42. The van der Waals surface area contributed by atoms with Gasteiger partial charge >= 0.3 is 6.03 Å². The lowest BCUT2D eigenvalue weighted by Gasteiger charge is -2.15. The highest BCUT2D eigenvalue weighted by Crippen LogP contribution is 2.10. The molecule has 0 saturated heterocycles. The van der Waals surface area contributed by atoms with E-state index in [2.05, 4.69) is 15.6 Å². The van der Waals surface area contributed by atoms with Gasteiger partial charge in [0, 0.05) is 24.5 Å². The highest BCUT2D eigenvalue weighted by atomic mass is 19.1. The van der Waals surface area contributed by atoms with Crippen LogP contribution in [0, 0.1) is 5.82 Å². The van der Waals surface area contributed by atoms with Crippen molar-refractivity contribution in [1.29, 1.82) is 0 Å². The van der Waals surface area contributed by atoms with E-state index in [9.17, 15) is 9.18 Å². The Kier molecular flexibility index (Phi) is 4.65. The third kappa shape index (κ3) is 3.78. The Bertz CT molecular complexity index is 574. The van der Waals surface area contributed by atoms with Crippen LogP contribution in [-0.4, -0.2) is 11.0 Å². The third-order valence-corrected chi connectivity index (χ3v) is 2.95. The molecule has 20 heavy (non-hydrogen) atoms. The van der Waals surface area contributed by atoms with Crippen LogP contribution in [0.15, 0.2) is 48.8 Å². The van der Waals surface area contributed by atoms with Crippen molar-refractivity contribution in [2.24, 2.45) is 0 Å². The summed E-state index contributed by atoms with van der Waals surface area (Å²) in [5.41, 5.74) is 1.42. The van der Waals surface area contributed by atoms with E-state index in [0.29, 0.717) is 5.56 Å². The van der Waals surface area contributed by atoms with Gasteiger partial charge in [-0.25, -0.2) is 9.18 Å². The first-order valence-electron chi connectivity index (χ1n) is 6.34. The summed E-state index contributed by atoms with van der Waals surface area (Å²) >= 11 is 0. The van der Waals surface area contributed by atoms with Crippen molar-refractivity contribution in [2.45, 2.75) is 19.5 Å². The van der Waals surface area contributed by atoms with Crippen molar-refractivity contribution in [2.75, 3.05) is 0 Å². The molecular weight excluding hydrogens is 257 g/mol. The van der Waals surface area contributed by atoms with Crippen molar-refractivity contribution in [3.05, 3.63) is 65.7 Å². The van der Waals surface area contributed by atoms with E-state index in [-0.39, 0.29) is 24.4 Å². The molecule has 0 radical (unpaired) electrons. The highest BCUT2D eigenvalue weighted by molar-refractivity contribution is 5.74. The molecule has 0 fully saturated rings. The van der Waals surface area contributed by atoms with Crippen molar-refractivity contribution in [1.82, 2.24) is 15.6 Å². The Hall–Kier alpha value is -2.43. The normalized spacial score (nSPS) is 11.7. The molecule has 0 bridgehead atoms. The Morgan fingerprint density at radius 2 is 1.95 bits per heavy atom. The van der Waals surface area contributed by atoms with Crippen LogP contribution in [0.2, 0.25) is 0 Å². The number of nitrogens with one attached hydrogen (secondary N) is 2. The van der Waals surface area contributed by atoms with Crippen LogP contribution in [0.25, 0.3) is 0 Å². The molecule has 2 aromatic rings. The van der Waals surface area contributed by atoms with Gasteiger partial charge in [-0.3, -0.25) is 4.98 Å². The van der Waals surface area contributed by atoms with Crippen molar-refractivity contribution >= 4 is 6.03 Å². The van der Waals surface area contributed by atoms with Crippen LogP contribution < -0.4 is 10.6 Å². The summed E-state index contributed by atoms with van der Waals surface area (Å²) in [4.78, 5) is 15.7. The lowest BCUT2D eigenvalue weighted by molar-refractivity contribution is 0.237. The first-order valence-corrected chi connectivity index (χ1v) is 6.34. The van der Waals surface area contributed by atoms with Gasteiger partial charge in [-0.15, -0.1) is 0 Å². The number of halogens is 1. The van der Waals surface area contributed by atoms with Crippen LogP contribution in [0.1, 0.15) is 24.1 Å². The number of rotatable bonds is 4. The first kappa shape index (κ1) is 14.0. The van der Waals surface area contributed by atoms with Crippen LogP contribution in [0.3, 0.4) is 0 Å². The maximum atomic E-state index is 13.4. The van der Waals surface area contributed by atoms with Gasteiger partial charge in [0.25, 0.3) is 0 Å². The smallest absolute Gasteiger partial charge is 0.315 e. The van der Waals surface area contributed by atoms with E-state index in [4.69, 9.17) is 0 Å². The molecule has 0 aliphatic heterocycles. The molecule has 2 amide bonds. The average molecular weight is 273 g/mol. The second kappa shape index (κ2) is 6.65. The maximum Gasteiger partial charge on any atom is 0.315 e. The van der Waals surface area contributed by atoms with E-state index in [1.165, 1.54) is 6.07 Å². The zero-order chi connectivity index (χ0) is 14.4. The largest absolute Gasteiger partial charge is 0.334 e. The predicted molar refractivity (Wildman–Crippen MR) is 74.4 cm³/mol. The molecule has 5 heteroatoms. The SMILES string of the molecule is CC(NC(=O)NCc1ccccc1F)c1ccncc1. The Labute approximate surface area is 117 Å². The van der Waals surface area contributed by atoms with E-state index in [1.54, 1.807) is 30.6 Å². The fourth-order valence-electron chi connectivity index (χ4n) is 1.80. The molecule has 1 aromatic carbocycles. The number of amides is 2. The lowest BCUT2D eigenvalue weighted by atomic mass is 10.1. The Morgan fingerprint density at radius 1 is 1.25 bits per heavy atom. The van der Waals surface area contributed by atoms with Gasteiger partial charge in [0.05, 0.1) is 6.04 Å². The molecule has 4 nitrogen and oxygen atoms in total. The minimum atomic E-state index is -0.336. The highest BCUT2D eigenvalue weighted by Gasteiger charge is 2.09. The summed E-state index contributed by atoms with van der Waals surface area (Å²) < 4.78 is 13.4. The number of urea groups is 1. The average Bonchev–Trinajstić information content (AvgIpc) is 2.47. The maximum absolute atomic E-state index is 13.4. The summed E-state index contributed by atoms with van der Waals surface area (Å²) in [6.07, 6.45) is 3.34. The van der Waals surface area contributed by atoms with Crippen molar-refractivity contribution in [3.63, 3.8) is 0 Å². The molecule has 0 aliphatic carbocycles. The zero-order valence-corrected chi connectivity index (χ0v) is 11.1. The molecule has 1 aromatic heterocycles. The van der Waals surface area contributed by atoms with Gasteiger partial charge in [-0.1, -0.05) is 18.2 Å². The van der Waals surface area contributed by atoms with E-state index in [0.717, 1.165) is 5.56 Å². The number of hydrogen-bond acceptors (Lipinski definition) is 2. The van der Waals surface area contributed by atoms with Gasteiger partial charge in [0.15, 0.2) is 0 Å². The summed E-state index contributed by atoms with van der Waals surface area (Å²) in [5, 5.41) is 5.42. The van der Waals surface area contributed by atoms with Gasteiger partial charge in [-0.05, 0) is 30.7 Å². The molecule has 1 atom stereocenters. The molecule has 2 N–H and O–H groups in total. The minimum absolute atomic E-state index is 0.140. The molecule has 1 unspecified atom stereocenters. The van der Waals surface area contributed by atoms with Crippen LogP contribution in [0.4, 0.5) is 9.18 Å². The number of aromatic nitrogens is 1. The van der Waals surface area contributed by atoms with Gasteiger partial charge in [0.1, 0.15) is 5.82 Å². The number of benzene rings is 1. The van der Waals surface area contributed by atoms with Gasteiger partial charge < -0.3 is 10.6 Å². The van der Waals surface area contributed by atoms with E-state index >= 15 is 0 Å². The number of carbonyl (C=O) groups excluding carboxylic acids is 1. The van der Waals surface area contributed by atoms with Gasteiger partial charge in [0.2, 0.25) is 0 Å². The Morgan fingerprint density at radius 3 is 2.65 bits per heavy atom. The predicted octanol–water partition coefficient (Wildman–Crippen LogP) is 2.78. The summed E-state index contributed by atoms with van der Waals surface area (Å²) in [6.45, 7) is 2.03. The number of pyridine rings is 1. The van der Waals surface area contributed by atoms with Crippen LogP contribution in [-0.2, 0) is 6.54 Å². The first-order chi connectivity index (χ1) is 9.66. The van der Waals surface area contributed by atoms with Crippen molar-refractivity contribution in [3.8, 4) is 0 Å². The topological polar surface area (TPSA) is 54.0 Å². The molecule has 0 saturated carbocycles. The third-order valence-electron chi connectivity index (χ3n) is 2.95. The quantitative estimate of drug-likeness (QED) is 0.900. The fraction of sp³-hybridized carbons (Fsp3) is 0.200. The molecule has 0 spiro atoms. The fourth-order valence-corrected chi connectivity index (χ4v) is 1.80. The molecule has 104 valence electrons. The van der Waals surface area contributed by atoms with E-state index < -0.39 is 0 Å². The standard InChI is InChI=1S/C15H16FN3O/c1-11(12-6-8-17-9-7-12)19-15(20)18-10-13-4-2-3-5-14(13)16/h2-9,11H,10H2,1H3,(H2,18,19,20).